The van der Waals surface area contributed by atoms with Gasteiger partial charge in [0.2, 0.25) is 0 Å². The number of imide groups is 2. The summed E-state index contributed by atoms with van der Waals surface area (Å²) in [5, 5.41) is 3.18. The maximum atomic E-state index is 13.2. The van der Waals surface area contributed by atoms with Crippen LogP contribution in [0.2, 0.25) is 0 Å². The molecule has 6 heteroatoms. The maximum Gasteiger partial charge on any atom is 0.335 e. The van der Waals surface area contributed by atoms with E-state index >= 15 is 0 Å². The van der Waals surface area contributed by atoms with Gasteiger partial charge < -0.3 is 4.57 Å². The lowest BCUT2D eigenvalue weighted by Gasteiger charge is -2.26. The van der Waals surface area contributed by atoms with Crippen LogP contribution in [-0.4, -0.2) is 22.4 Å². The molecule has 3 aromatic rings. The number of aromatic nitrogens is 1. The van der Waals surface area contributed by atoms with E-state index in [1.54, 1.807) is 24.3 Å². The van der Waals surface area contributed by atoms with E-state index in [0.717, 1.165) is 32.5 Å². The summed E-state index contributed by atoms with van der Waals surface area (Å²) in [6, 6.07) is 12.3. The average molecular weight is 399 g/mol. The summed E-state index contributed by atoms with van der Waals surface area (Å²) < 4.78 is 1.99. The molecule has 1 aliphatic heterocycles. The number of aryl methyl sites for hydroxylation is 2. The lowest BCUT2D eigenvalue weighted by atomic mass is 10.0. The van der Waals surface area contributed by atoms with Crippen LogP contribution in [0.5, 0.6) is 0 Å². The molecule has 0 spiro atoms. The summed E-state index contributed by atoms with van der Waals surface area (Å²) in [5.74, 6) is -1.35. The second kappa shape index (κ2) is 7.48. The Bertz CT molecular complexity index is 1250. The Hall–Kier alpha value is -3.93. The fourth-order valence-electron chi connectivity index (χ4n) is 3.59. The number of anilines is 1. The molecule has 0 unspecified atom stereocenters. The molecule has 0 aliphatic carbocycles. The molecule has 0 bridgehead atoms. The van der Waals surface area contributed by atoms with Crippen molar-refractivity contribution in [3.8, 4) is 0 Å². The summed E-state index contributed by atoms with van der Waals surface area (Å²) in [7, 11) is 0. The van der Waals surface area contributed by atoms with Crippen molar-refractivity contribution < 1.29 is 14.4 Å². The number of hydrogen-bond acceptors (Lipinski definition) is 3. The van der Waals surface area contributed by atoms with Gasteiger partial charge in [-0.05, 0) is 49.2 Å². The molecule has 1 aliphatic rings. The molecule has 4 amide bonds. The van der Waals surface area contributed by atoms with Crippen molar-refractivity contribution in [1.29, 1.82) is 0 Å². The summed E-state index contributed by atoms with van der Waals surface area (Å²) in [4.78, 5) is 39.1. The van der Waals surface area contributed by atoms with Gasteiger partial charge in [-0.3, -0.25) is 14.9 Å². The number of urea groups is 1. The molecule has 30 heavy (non-hydrogen) atoms. The standard InChI is InChI=1S/C24H21N3O3/c1-4-11-26-14-17(19-7-5-6-8-21(19)26)13-20-22(28)25-24(30)27(23(20)29)18-10-9-15(2)16(3)12-18/h4-10,12-14H,1,11H2,2-3H3,(H,25,28,30). The Labute approximate surface area is 174 Å². The number of nitrogens with one attached hydrogen (secondary N) is 1. The first kappa shape index (κ1) is 19.4. The first-order valence-electron chi connectivity index (χ1n) is 9.58. The zero-order chi connectivity index (χ0) is 21.4. The minimum atomic E-state index is -0.750. The summed E-state index contributed by atoms with van der Waals surface area (Å²) in [5.41, 5.74) is 4.02. The van der Waals surface area contributed by atoms with Gasteiger partial charge in [-0.25, -0.2) is 9.69 Å². The van der Waals surface area contributed by atoms with Crippen molar-refractivity contribution in [3.05, 3.63) is 83.6 Å². The number of barbiturate groups is 1. The number of carbonyl (C=O) groups excluding carboxylic acids is 3. The second-order valence-corrected chi connectivity index (χ2v) is 7.27. The minimum Gasteiger partial charge on any atom is -0.343 e. The molecule has 1 fully saturated rings. The third kappa shape index (κ3) is 3.22. The molecule has 0 atom stereocenters. The number of amides is 4. The van der Waals surface area contributed by atoms with Crippen LogP contribution >= 0.6 is 0 Å². The first-order chi connectivity index (χ1) is 14.4. The Kier molecular flexibility index (Phi) is 4.83. The first-order valence-corrected chi connectivity index (χ1v) is 9.58. The number of para-hydroxylation sites is 1. The van der Waals surface area contributed by atoms with E-state index < -0.39 is 17.8 Å². The van der Waals surface area contributed by atoms with Crippen molar-refractivity contribution in [2.45, 2.75) is 20.4 Å². The highest BCUT2D eigenvalue weighted by molar-refractivity contribution is 6.39. The van der Waals surface area contributed by atoms with Crippen molar-refractivity contribution in [2.24, 2.45) is 0 Å². The van der Waals surface area contributed by atoms with Gasteiger partial charge in [0, 0.05) is 29.2 Å². The topological polar surface area (TPSA) is 71.4 Å². The predicted molar refractivity (Wildman–Crippen MR) is 117 cm³/mol. The van der Waals surface area contributed by atoms with Gasteiger partial charge in [-0.2, -0.15) is 0 Å². The highest BCUT2D eigenvalue weighted by atomic mass is 16.2. The third-order valence-corrected chi connectivity index (χ3v) is 5.30. The quantitative estimate of drug-likeness (QED) is 0.408. The van der Waals surface area contributed by atoms with Crippen LogP contribution in [0, 0.1) is 13.8 Å². The Morgan fingerprint density at radius 3 is 2.53 bits per heavy atom. The van der Waals surface area contributed by atoms with Gasteiger partial charge >= 0.3 is 6.03 Å². The fourth-order valence-corrected chi connectivity index (χ4v) is 3.59. The van der Waals surface area contributed by atoms with Crippen LogP contribution in [-0.2, 0) is 16.1 Å². The third-order valence-electron chi connectivity index (χ3n) is 5.30. The number of allylic oxidation sites excluding steroid dienone is 1. The number of rotatable bonds is 4. The zero-order valence-corrected chi connectivity index (χ0v) is 16.8. The van der Waals surface area contributed by atoms with E-state index in [1.165, 1.54) is 0 Å². The van der Waals surface area contributed by atoms with Crippen molar-refractivity contribution >= 4 is 40.5 Å². The maximum absolute atomic E-state index is 13.2. The van der Waals surface area contributed by atoms with Crippen molar-refractivity contribution in [1.82, 2.24) is 9.88 Å². The van der Waals surface area contributed by atoms with E-state index in [2.05, 4.69) is 11.9 Å². The Morgan fingerprint density at radius 1 is 1.03 bits per heavy atom. The van der Waals surface area contributed by atoms with Crippen LogP contribution in [0.4, 0.5) is 10.5 Å². The molecule has 0 radical (unpaired) electrons. The number of benzene rings is 2. The van der Waals surface area contributed by atoms with E-state index in [-0.39, 0.29) is 5.57 Å². The van der Waals surface area contributed by atoms with E-state index in [4.69, 9.17) is 0 Å². The van der Waals surface area contributed by atoms with E-state index in [1.807, 2.05) is 54.9 Å². The van der Waals surface area contributed by atoms with Crippen LogP contribution < -0.4 is 10.2 Å². The van der Waals surface area contributed by atoms with Gasteiger partial charge in [0.05, 0.1) is 5.69 Å². The predicted octanol–water partition coefficient (Wildman–Crippen LogP) is 4.11. The van der Waals surface area contributed by atoms with Crippen LogP contribution in [0.3, 0.4) is 0 Å². The van der Waals surface area contributed by atoms with Gasteiger partial charge in [0.1, 0.15) is 5.57 Å². The summed E-state index contributed by atoms with van der Waals surface area (Å²) in [6.07, 6.45) is 5.19. The lowest BCUT2D eigenvalue weighted by Crippen LogP contribution is -2.54. The minimum absolute atomic E-state index is 0.0886. The largest absolute Gasteiger partial charge is 0.343 e. The van der Waals surface area contributed by atoms with Gasteiger partial charge in [-0.15, -0.1) is 6.58 Å². The molecule has 1 saturated heterocycles. The van der Waals surface area contributed by atoms with Gasteiger partial charge in [0.15, 0.2) is 0 Å². The molecular formula is C24H21N3O3. The average Bonchev–Trinajstić information content (AvgIpc) is 3.06. The molecule has 2 aromatic carbocycles. The monoisotopic (exact) mass is 399 g/mol. The Morgan fingerprint density at radius 2 is 1.80 bits per heavy atom. The number of fused-ring (bicyclic) bond motifs is 1. The van der Waals surface area contributed by atoms with Crippen molar-refractivity contribution in [3.63, 3.8) is 0 Å². The molecule has 4 rings (SSSR count). The second-order valence-electron chi connectivity index (χ2n) is 7.27. The van der Waals surface area contributed by atoms with Gasteiger partial charge in [-0.1, -0.05) is 30.3 Å². The lowest BCUT2D eigenvalue weighted by molar-refractivity contribution is -0.122. The molecular weight excluding hydrogens is 378 g/mol. The summed E-state index contributed by atoms with van der Waals surface area (Å²) in [6.45, 7) is 8.23. The normalized spacial score (nSPS) is 15.7. The summed E-state index contributed by atoms with van der Waals surface area (Å²) >= 11 is 0. The number of hydrogen-bond donors (Lipinski definition) is 1. The molecule has 0 saturated carbocycles. The van der Waals surface area contributed by atoms with E-state index in [9.17, 15) is 14.4 Å². The zero-order valence-electron chi connectivity index (χ0n) is 16.8. The van der Waals surface area contributed by atoms with Crippen LogP contribution in [0.15, 0.2) is 66.9 Å². The van der Waals surface area contributed by atoms with E-state index in [0.29, 0.717) is 12.2 Å². The molecule has 6 nitrogen and oxygen atoms in total. The number of nitrogens with zero attached hydrogens (tertiary/aromatic N) is 2. The number of carbonyl (C=O) groups is 3. The smallest absolute Gasteiger partial charge is 0.335 e. The molecule has 1 aromatic heterocycles. The molecule has 1 N–H and O–H groups in total. The highest BCUT2D eigenvalue weighted by Gasteiger charge is 2.37. The van der Waals surface area contributed by atoms with Gasteiger partial charge in [0.25, 0.3) is 11.8 Å². The van der Waals surface area contributed by atoms with Crippen LogP contribution in [0.1, 0.15) is 16.7 Å². The highest BCUT2D eigenvalue weighted by Crippen LogP contribution is 2.27. The molecule has 150 valence electrons. The SMILES string of the molecule is C=CCn1cc(C=C2C(=O)NC(=O)N(c3ccc(C)c(C)c3)C2=O)c2ccccc21. The van der Waals surface area contributed by atoms with Crippen molar-refractivity contribution in [2.75, 3.05) is 4.90 Å². The fraction of sp³-hybridized carbons (Fsp3) is 0.125. The Balaban J connectivity index is 1.81. The molecule has 2 heterocycles. The van der Waals surface area contributed by atoms with Crippen LogP contribution in [0.25, 0.3) is 17.0 Å².